The maximum Gasteiger partial charge on any atom is 0.277 e. The van der Waals surface area contributed by atoms with E-state index in [1.54, 1.807) is 0 Å². The van der Waals surface area contributed by atoms with Gasteiger partial charge in [-0.25, -0.2) is 0 Å². The Morgan fingerprint density at radius 2 is 1.68 bits per heavy atom. The molecule has 1 atom stereocenters. The standard InChI is InChI=1S/C15H12O7/c16-8-4-11(19)13-12(5-8)22-15(21,14(13)20)6-7-1-2-9(17)10(18)3-7/h1-5,16-19,21H,6H2. The molecule has 0 aliphatic carbocycles. The van der Waals surface area contributed by atoms with E-state index in [9.17, 15) is 30.3 Å². The van der Waals surface area contributed by atoms with Crippen LogP contribution in [0.3, 0.4) is 0 Å². The van der Waals surface area contributed by atoms with E-state index in [2.05, 4.69) is 0 Å². The number of ketones is 1. The lowest BCUT2D eigenvalue weighted by Crippen LogP contribution is -2.42. The second-order valence-corrected chi connectivity index (χ2v) is 5.05. The number of Topliss-reactive ketones (excluding diaryl/α,β-unsaturated/α-hetero) is 1. The molecular formula is C15H12O7. The Hall–Kier alpha value is -2.93. The lowest BCUT2D eigenvalue weighted by atomic mass is 9.98. The summed E-state index contributed by atoms with van der Waals surface area (Å²) in [5, 5.41) is 48.2. The van der Waals surface area contributed by atoms with Crippen molar-refractivity contribution in [3.63, 3.8) is 0 Å². The highest BCUT2D eigenvalue weighted by molar-refractivity contribution is 6.08. The number of benzene rings is 2. The van der Waals surface area contributed by atoms with Crippen molar-refractivity contribution >= 4 is 5.78 Å². The number of hydrogen-bond acceptors (Lipinski definition) is 7. The van der Waals surface area contributed by atoms with Crippen molar-refractivity contribution in [3.8, 4) is 28.7 Å². The van der Waals surface area contributed by atoms with Crippen LogP contribution in [0.4, 0.5) is 0 Å². The SMILES string of the molecule is O=C1c2c(O)cc(O)cc2OC1(O)Cc1ccc(O)c(O)c1. The zero-order valence-corrected chi connectivity index (χ0v) is 11.1. The Morgan fingerprint density at radius 1 is 0.955 bits per heavy atom. The molecule has 1 aliphatic heterocycles. The van der Waals surface area contributed by atoms with Crippen molar-refractivity contribution < 1.29 is 35.1 Å². The molecule has 0 spiro atoms. The molecule has 0 saturated heterocycles. The first-order chi connectivity index (χ1) is 10.3. The highest BCUT2D eigenvalue weighted by Crippen LogP contribution is 2.43. The summed E-state index contributed by atoms with van der Waals surface area (Å²) in [6.07, 6.45) is -0.311. The van der Waals surface area contributed by atoms with Crippen LogP contribution in [-0.2, 0) is 6.42 Å². The summed E-state index contributed by atoms with van der Waals surface area (Å²) in [4.78, 5) is 12.3. The van der Waals surface area contributed by atoms with Crippen molar-refractivity contribution in [3.05, 3.63) is 41.5 Å². The number of ether oxygens (including phenoxy) is 1. The van der Waals surface area contributed by atoms with Gasteiger partial charge in [-0.3, -0.25) is 4.79 Å². The van der Waals surface area contributed by atoms with Gasteiger partial charge in [0.25, 0.3) is 5.79 Å². The number of hydrogen-bond donors (Lipinski definition) is 5. The predicted octanol–water partition coefficient (Wildman–Crippen LogP) is 1.02. The van der Waals surface area contributed by atoms with Gasteiger partial charge < -0.3 is 30.3 Å². The van der Waals surface area contributed by atoms with Gasteiger partial charge in [-0.15, -0.1) is 0 Å². The minimum Gasteiger partial charge on any atom is -0.508 e. The molecule has 2 aromatic rings. The molecule has 7 nitrogen and oxygen atoms in total. The lowest BCUT2D eigenvalue weighted by Gasteiger charge is -2.20. The molecule has 0 radical (unpaired) electrons. The number of rotatable bonds is 2. The fourth-order valence-corrected chi connectivity index (χ4v) is 2.39. The Bertz CT molecular complexity index is 784. The third-order valence-electron chi connectivity index (χ3n) is 3.41. The van der Waals surface area contributed by atoms with Crippen molar-refractivity contribution in [1.82, 2.24) is 0 Å². The zero-order chi connectivity index (χ0) is 16.1. The molecule has 22 heavy (non-hydrogen) atoms. The third-order valence-corrected chi connectivity index (χ3v) is 3.41. The molecule has 0 amide bonds. The predicted molar refractivity (Wildman–Crippen MR) is 73.2 cm³/mol. The zero-order valence-electron chi connectivity index (χ0n) is 11.1. The number of carbonyl (C=O) groups is 1. The van der Waals surface area contributed by atoms with E-state index in [1.165, 1.54) is 18.2 Å². The number of aliphatic hydroxyl groups is 1. The molecule has 0 bridgehead atoms. The molecule has 1 heterocycles. The fraction of sp³-hybridized carbons (Fsp3) is 0.133. The van der Waals surface area contributed by atoms with Gasteiger partial charge in [0.1, 0.15) is 22.8 Å². The van der Waals surface area contributed by atoms with Gasteiger partial charge >= 0.3 is 0 Å². The molecular weight excluding hydrogens is 292 g/mol. The van der Waals surface area contributed by atoms with Crippen LogP contribution in [0.5, 0.6) is 28.7 Å². The number of fused-ring (bicyclic) bond motifs is 1. The van der Waals surface area contributed by atoms with Crippen LogP contribution < -0.4 is 4.74 Å². The molecule has 0 fully saturated rings. The normalized spacial score (nSPS) is 19.8. The Kier molecular flexibility index (Phi) is 2.89. The summed E-state index contributed by atoms with van der Waals surface area (Å²) in [5.41, 5.74) is 0.117. The number of aromatic hydroxyl groups is 4. The first kappa shape index (κ1) is 14.0. The van der Waals surface area contributed by atoms with Gasteiger partial charge in [0.05, 0.1) is 0 Å². The van der Waals surface area contributed by atoms with E-state index in [-0.39, 0.29) is 29.2 Å². The Morgan fingerprint density at radius 3 is 2.36 bits per heavy atom. The number of carbonyl (C=O) groups excluding carboxylic acids is 1. The number of phenols is 4. The lowest BCUT2D eigenvalue weighted by molar-refractivity contribution is -0.0889. The highest BCUT2D eigenvalue weighted by Gasteiger charge is 2.48. The van der Waals surface area contributed by atoms with Crippen molar-refractivity contribution in [2.24, 2.45) is 0 Å². The Balaban J connectivity index is 1.96. The van der Waals surface area contributed by atoms with Gasteiger partial charge in [0.15, 0.2) is 11.5 Å². The maximum atomic E-state index is 12.3. The number of phenolic OH excluding ortho intramolecular Hbond substituents is 4. The van der Waals surface area contributed by atoms with Gasteiger partial charge in [0.2, 0.25) is 5.78 Å². The molecule has 0 saturated carbocycles. The summed E-state index contributed by atoms with van der Waals surface area (Å²) in [5.74, 6) is -4.79. The largest absolute Gasteiger partial charge is 0.508 e. The molecule has 2 aromatic carbocycles. The fourth-order valence-electron chi connectivity index (χ4n) is 2.39. The van der Waals surface area contributed by atoms with E-state index < -0.39 is 23.1 Å². The summed E-state index contributed by atoms with van der Waals surface area (Å²) < 4.78 is 5.18. The smallest absolute Gasteiger partial charge is 0.277 e. The van der Waals surface area contributed by atoms with Crippen LogP contribution in [0.2, 0.25) is 0 Å². The first-order valence-corrected chi connectivity index (χ1v) is 6.33. The first-order valence-electron chi connectivity index (χ1n) is 6.33. The molecule has 7 heteroatoms. The van der Waals surface area contributed by atoms with Crippen molar-refractivity contribution in [1.29, 1.82) is 0 Å². The third kappa shape index (κ3) is 2.08. The summed E-state index contributed by atoms with van der Waals surface area (Å²) in [6.45, 7) is 0. The molecule has 0 aromatic heterocycles. The molecule has 1 aliphatic rings. The summed E-state index contributed by atoms with van der Waals surface area (Å²) >= 11 is 0. The van der Waals surface area contributed by atoms with Crippen LogP contribution in [0, 0.1) is 0 Å². The van der Waals surface area contributed by atoms with Crippen LogP contribution in [0.25, 0.3) is 0 Å². The van der Waals surface area contributed by atoms with Crippen molar-refractivity contribution in [2.45, 2.75) is 12.2 Å². The van der Waals surface area contributed by atoms with Gasteiger partial charge in [-0.2, -0.15) is 0 Å². The van der Waals surface area contributed by atoms with E-state index >= 15 is 0 Å². The van der Waals surface area contributed by atoms with Gasteiger partial charge in [0, 0.05) is 18.6 Å². The summed E-state index contributed by atoms with van der Waals surface area (Å²) in [7, 11) is 0. The topological polar surface area (TPSA) is 127 Å². The summed E-state index contributed by atoms with van der Waals surface area (Å²) in [6, 6.07) is 5.88. The van der Waals surface area contributed by atoms with Crippen LogP contribution in [0.1, 0.15) is 15.9 Å². The van der Waals surface area contributed by atoms with E-state index in [1.807, 2.05) is 0 Å². The average Bonchev–Trinajstić information content (AvgIpc) is 2.65. The van der Waals surface area contributed by atoms with Crippen LogP contribution >= 0.6 is 0 Å². The van der Waals surface area contributed by atoms with Crippen LogP contribution in [0.15, 0.2) is 30.3 Å². The van der Waals surface area contributed by atoms with Crippen LogP contribution in [-0.4, -0.2) is 37.1 Å². The second-order valence-electron chi connectivity index (χ2n) is 5.05. The average molecular weight is 304 g/mol. The van der Waals surface area contributed by atoms with Gasteiger partial charge in [-0.1, -0.05) is 6.07 Å². The molecule has 114 valence electrons. The quantitative estimate of drug-likeness (QED) is 0.524. The molecule has 1 unspecified atom stereocenters. The molecule has 5 N–H and O–H groups in total. The monoisotopic (exact) mass is 304 g/mol. The van der Waals surface area contributed by atoms with E-state index in [0.717, 1.165) is 12.1 Å². The molecule has 3 rings (SSSR count). The van der Waals surface area contributed by atoms with E-state index in [0.29, 0.717) is 5.56 Å². The Labute approximate surface area is 124 Å². The highest BCUT2D eigenvalue weighted by atomic mass is 16.6. The maximum absolute atomic E-state index is 12.3. The minimum atomic E-state index is -2.27. The van der Waals surface area contributed by atoms with E-state index in [4.69, 9.17) is 4.74 Å². The second kappa shape index (κ2) is 4.54. The van der Waals surface area contributed by atoms with Gasteiger partial charge in [-0.05, 0) is 17.7 Å². The van der Waals surface area contributed by atoms with Crippen molar-refractivity contribution in [2.75, 3.05) is 0 Å². The minimum absolute atomic E-state index is 0.131.